The molecule has 0 saturated carbocycles. The first-order valence-electron chi connectivity index (χ1n) is 15.2. The summed E-state index contributed by atoms with van der Waals surface area (Å²) in [4.78, 5) is 22.4. The lowest BCUT2D eigenvalue weighted by Gasteiger charge is -2.32. The highest BCUT2D eigenvalue weighted by Gasteiger charge is 2.54. The van der Waals surface area contributed by atoms with E-state index in [2.05, 4.69) is 36.1 Å². The molecule has 1 heterocycles. The van der Waals surface area contributed by atoms with Crippen LogP contribution >= 0.6 is 0 Å². The molecule has 1 aliphatic rings. The summed E-state index contributed by atoms with van der Waals surface area (Å²) >= 11 is 0. The molecular weight excluding hydrogens is 606 g/mol. The van der Waals surface area contributed by atoms with Crippen LogP contribution in [0.3, 0.4) is 0 Å². The molecule has 1 aliphatic heterocycles. The van der Waals surface area contributed by atoms with Gasteiger partial charge in [-0.15, -0.1) is 0 Å². The minimum absolute atomic E-state index is 0.00573. The number of ether oxygens (including phenoxy) is 2. The summed E-state index contributed by atoms with van der Waals surface area (Å²) in [6, 6.07) is 22.3. The Labute approximate surface area is 270 Å². The lowest BCUT2D eigenvalue weighted by atomic mass is 9.83. The maximum atomic E-state index is 14.4. The molecule has 0 fully saturated rings. The van der Waals surface area contributed by atoms with Crippen molar-refractivity contribution in [3.63, 3.8) is 0 Å². The van der Waals surface area contributed by atoms with Gasteiger partial charge < -0.3 is 19.9 Å². The van der Waals surface area contributed by atoms with Gasteiger partial charge in [0.05, 0.1) is 23.8 Å². The van der Waals surface area contributed by atoms with Crippen LogP contribution in [0.2, 0.25) is 0 Å². The molecular formula is C34H41N5O6S. The van der Waals surface area contributed by atoms with E-state index in [0.717, 1.165) is 0 Å². The SMILES string of the molecule is CC(C)(C)CCNC(=O)[C@]1(CCS(=O)(=O)c2ccccc2)N=C(c2ccc(OCCCO)cc2)O[C@@H]1c1ccccc1CN=[N+]=[N-]. The Morgan fingerprint density at radius 2 is 1.78 bits per heavy atom. The van der Waals surface area contributed by atoms with Crippen molar-refractivity contribution in [2.24, 2.45) is 15.5 Å². The molecule has 0 aliphatic carbocycles. The molecule has 11 nitrogen and oxygen atoms in total. The zero-order valence-corrected chi connectivity index (χ0v) is 27.2. The van der Waals surface area contributed by atoms with Gasteiger partial charge in [-0.05, 0) is 64.9 Å². The molecule has 0 unspecified atom stereocenters. The molecule has 244 valence electrons. The number of benzene rings is 3. The van der Waals surface area contributed by atoms with Crippen LogP contribution in [0, 0.1) is 5.41 Å². The molecule has 0 saturated heterocycles. The van der Waals surface area contributed by atoms with Gasteiger partial charge in [0.2, 0.25) is 5.90 Å². The van der Waals surface area contributed by atoms with Gasteiger partial charge >= 0.3 is 0 Å². The number of azide groups is 1. The minimum Gasteiger partial charge on any atom is -0.494 e. The zero-order valence-electron chi connectivity index (χ0n) is 26.4. The number of nitrogens with zero attached hydrogens (tertiary/aromatic N) is 4. The Balaban J connectivity index is 1.81. The van der Waals surface area contributed by atoms with Crippen LogP contribution < -0.4 is 10.1 Å². The Kier molecular flexibility index (Phi) is 11.4. The quantitative estimate of drug-likeness (QED) is 0.0899. The first-order valence-corrected chi connectivity index (χ1v) is 16.9. The first kappa shape index (κ1) is 34.5. The molecule has 4 rings (SSSR count). The number of hydrogen-bond donors (Lipinski definition) is 2. The van der Waals surface area contributed by atoms with E-state index in [-0.39, 0.29) is 41.5 Å². The number of rotatable bonds is 15. The second-order valence-electron chi connectivity index (χ2n) is 12.3. The number of aliphatic hydroxyl groups excluding tert-OH is 1. The number of hydrogen-bond acceptors (Lipinski definition) is 8. The van der Waals surface area contributed by atoms with E-state index in [1.807, 2.05) is 0 Å². The number of carbonyl (C=O) groups excluding carboxylic acids is 1. The largest absolute Gasteiger partial charge is 0.494 e. The van der Waals surface area contributed by atoms with Gasteiger partial charge in [0, 0.05) is 36.5 Å². The Morgan fingerprint density at radius 3 is 2.46 bits per heavy atom. The Bertz CT molecular complexity index is 1670. The second kappa shape index (κ2) is 15.3. The topological polar surface area (TPSA) is 163 Å². The third kappa shape index (κ3) is 8.66. The number of amides is 1. The molecule has 3 aromatic rings. The van der Waals surface area contributed by atoms with Crippen LogP contribution in [0.5, 0.6) is 5.75 Å². The van der Waals surface area contributed by atoms with Crippen LogP contribution in [0.4, 0.5) is 0 Å². The van der Waals surface area contributed by atoms with Crippen molar-refractivity contribution in [3.8, 4) is 5.75 Å². The van der Waals surface area contributed by atoms with E-state index in [9.17, 15) is 13.2 Å². The summed E-state index contributed by atoms with van der Waals surface area (Å²) in [6.45, 7) is 6.95. The number of aliphatic imine (C=N–C) groups is 1. The number of nitrogens with one attached hydrogen (secondary N) is 1. The molecule has 0 spiro atoms. The van der Waals surface area contributed by atoms with Crippen molar-refractivity contribution in [2.45, 2.75) is 63.1 Å². The summed E-state index contributed by atoms with van der Waals surface area (Å²) in [7, 11) is -3.80. The average molecular weight is 648 g/mol. The lowest BCUT2D eigenvalue weighted by Crippen LogP contribution is -2.50. The van der Waals surface area contributed by atoms with E-state index in [1.54, 1.807) is 66.7 Å². The summed E-state index contributed by atoms with van der Waals surface area (Å²) in [5, 5.41) is 15.8. The maximum Gasteiger partial charge on any atom is 0.252 e. The molecule has 12 heteroatoms. The average Bonchev–Trinajstić information content (AvgIpc) is 3.44. The highest BCUT2D eigenvalue weighted by Crippen LogP contribution is 2.44. The fraction of sp³-hybridized carbons (Fsp3) is 0.412. The summed E-state index contributed by atoms with van der Waals surface area (Å²) in [6.07, 6.45) is -0.0102. The minimum atomic E-state index is -3.80. The third-order valence-corrected chi connectivity index (χ3v) is 9.42. The Hall–Kier alpha value is -4.38. The van der Waals surface area contributed by atoms with Crippen LogP contribution in [0.1, 0.15) is 62.8 Å². The Morgan fingerprint density at radius 1 is 1.09 bits per heavy atom. The van der Waals surface area contributed by atoms with Crippen LogP contribution in [-0.2, 0) is 25.9 Å². The monoisotopic (exact) mass is 647 g/mol. The van der Waals surface area contributed by atoms with E-state index in [1.165, 1.54) is 12.1 Å². The van der Waals surface area contributed by atoms with Gasteiger partial charge in [-0.25, -0.2) is 13.4 Å². The number of carbonyl (C=O) groups is 1. The van der Waals surface area contributed by atoms with Crippen molar-refractivity contribution >= 4 is 21.6 Å². The van der Waals surface area contributed by atoms with Crippen molar-refractivity contribution in [1.82, 2.24) is 5.32 Å². The molecule has 2 atom stereocenters. The smallest absolute Gasteiger partial charge is 0.252 e. The van der Waals surface area contributed by atoms with Crippen molar-refractivity contribution in [2.75, 3.05) is 25.5 Å². The van der Waals surface area contributed by atoms with Crippen molar-refractivity contribution in [3.05, 3.63) is 106 Å². The van der Waals surface area contributed by atoms with Crippen molar-refractivity contribution in [1.29, 1.82) is 0 Å². The van der Waals surface area contributed by atoms with E-state index in [0.29, 0.717) is 48.4 Å². The fourth-order valence-corrected chi connectivity index (χ4v) is 6.52. The first-order chi connectivity index (χ1) is 22.0. The van der Waals surface area contributed by atoms with Crippen LogP contribution in [0.15, 0.2) is 93.9 Å². The molecule has 0 aromatic heterocycles. The number of sulfone groups is 1. The van der Waals surface area contributed by atoms with Crippen LogP contribution in [0.25, 0.3) is 10.4 Å². The normalized spacial score (nSPS) is 17.8. The van der Waals surface area contributed by atoms with Gasteiger partial charge in [-0.3, -0.25) is 4.79 Å². The van der Waals surface area contributed by atoms with E-state index in [4.69, 9.17) is 25.1 Å². The lowest BCUT2D eigenvalue weighted by molar-refractivity contribution is -0.129. The van der Waals surface area contributed by atoms with E-state index >= 15 is 0 Å². The van der Waals surface area contributed by atoms with Gasteiger partial charge in [0.1, 0.15) is 5.75 Å². The molecule has 3 aromatic carbocycles. The van der Waals surface area contributed by atoms with Gasteiger partial charge in [-0.2, -0.15) is 0 Å². The summed E-state index contributed by atoms with van der Waals surface area (Å²) in [5.41, 5.74) is 9.10. The zero-order chi connectivity index (χ0) is 33.2. The van der Waals surface area contributed by atoms with Gasteiger partial charge in [-0.1, -0.05) is 68.4 Å². The van der Waals surface area contributed by atoms with Crippen LogP contribution in [-0.4, -0.2) is 56.4 Å². The highest BCUT2D eigenvalue weighted by atomic mass is 32.2. The highest BCUT2D eigenvalue weighted by molar-refractivity contribution is 7.91. The van der Waals surface area contributed by atoms with Gasteiger partial charge in [0.15, 0.2) is 21.5 Å². The third-order valence-electron chi connectivity index (χ3n) is 7.69. The molecule has 0 radical (unpaired) electrons. The number of aliphatic hydroxyl groups is 1. The predicted octanol–water partition coefficient (Wildman–Crippen LogP) is 5.93. The second-order valence-corrected chi connectivity index (χ2v) is 14.4. The van der Waals surface area contributed by atoms with E-state index < -0.39 is 27.4 Å². The van der Waals surface area contributed by atoms with Gasteiger partial charge in [0.25, 0.3) is 5.91 Å². The molecule has 46 heavy (non-hydrogen) atoms. The fourth-order valence-electron chi connectivity index (χ4n) is 5.13. The summed E-state index contributed by atoms with van der Waals surface area (Å²) in [5.74, 6) is -0.0559. The molecule has 1 amide bonds. The molecule has 2 N–H and O–H groups in total. The standard InChI is InChI=1S/C34H41N5O6S/c1-33(2,3)18-20-36-32(41)34(19-23-46(42,43)28-11-5-4-6-12-28)30(29-13-8-7-10-26(29)24-37-39-35)45-31(38-34)25-14-16-27(17-15-25)44-22-9-21-40/h4-8,10-17,30,40H,9,18-24H2,1-3H3,(H,36,41)/t30-,34-/m1/s1. The van der Waals surface area contributed by atoms with Crippen molar-refractivity contribution < 1.29 is 27.8 Å². The maximum absolute atomic E-state index is 14.4. The molecule has 0 bridgehead atoms. The predicted molar refractivity (Wildman–Crippen MR) is 176 cm³/mol. The summed E-state index contributed by atoms with van der Waals surface area (Å²) < 4.78 is 39.3.